The Morgan fingerprint density at radius 2 is 1.84 bits per heavy atom. The topological polar surface area (TPSA) is 94.1 Å². The van der Waals surface area contributed by atoms with Gasteiger partial charge in [-0.15, -0.1) is 0 Å². The number of aromatic hydroxyl groups is 1. The fourth-order valence-electron chi connectivity index (χ4n) is 3.19. The number of rotatable bonds is 7. The fourth-order valence-corrected chi connectivity index (χ4v) is 3.19. The van der Waals surface area contributed by atoms with E-state index in [1.165, 1.54) is 18.2 Å². The number of carbonyl (C=O) groups excluding carboxylic acids is 2. The van der Waals surface area contributed by atoms with Gasteiger partial charge in [0.25, 0.3) is 5.91 Å². The molecule has 0 unspecified atom stereocenters. The molecule has 7 heteroatoms. The largest absolute Gasteiger partial charge is 0.508 e. The van der Waals surface area contributed by atoms with Crippen molar-refractivity contribution >= 4 is 23.5 Å². The van der Waals surface area contributed by atoms with Gasteiger partial charge in [0.1, 0.15) is 11.5 Å². The van der Waals surface area contributed by atoms with Crippen molar-refractivity contribution in [3.63, 3.8) is 0 Å². The van der Waals surface area contributed by atoms with E-state index in [9.17, 15) is 14.7 Å². The average molecular weight is 431 g/mol. The lowest BCUT2D eigenvalue weighted by molar-refractivity contribution is -0.118. The van der Waals surface area contributed by atoms with Crippen LogP contribution in [0.2, 0.25) is 0 Å². The maximum absolute atomic E-state index is 12.5. The second-order valence-corrected chi connectivity index (χ2v) is 6.96. The highest BCUT2D eigenvalue weighted by atomic mass is 16.5. The first kappa shape index (κ1) is 21.0. The van der Waals surface area contributed by atoms with E-state index >= 15 is 0 Å². The van der Waals surface area contributed by atoms with Crippen LogP contribution in [0, 0.1) is 0 Å². The number of hydrogen-bond donors (Lipinski definition) is 2. The van der Waals surface area contributed by atoms with Crippen LogP contribution in [-0.2, 0) is 4.79 Å². The molecule has 0 aromatic heterocycles. The number of para-hydroxylation sites is 1. The Labute approximate surface area is 184 Å². The number of Topliss-reactive ketones (excluding diaryl/α,β-unsaturated/α-hetero) is 1. The number of nitrogens with one attached hydrogen (secondary N) is 1. The molecule has 0 saturated carbocycles. The van der Waals surface area contributed by atoms with Crippen LogP contribution < -0.4 is 19.5 Å². The van der Waals surface area contributed by atoms with E-state index in [0.717, 1.165) is 0 Å². The number of ether oxygens (including phenoxy) is 3. The first-order valence-electron chi connectivity index (χ1n) is 10.1. The molecular formula is C25H21NO6. The summed E-state index contributed by atoms with van der Waals surface area (Å²) in [5.41, 5.74) is 1.74. The van der Waals surface area contributed by atoms with E-state index in [1.54, 1.807) is 36.4 Å². The van der Waals surface area contributed by atoms with E-state index in [-0.39, 0.29) is 29.8 Å². The Hall–Kier alpha value is -4.26. The molecular weight excluding hydrogens is 410 g/mol. The van der Waals surface area contributed by atoms with Crippen molar-refractivity contribution in [2.24, 2.45) is 0 Å². The average Bonchev–Trinajstić information content (AvgIpc) is 3.08. The molecule has 162 valence electrons. The number of anilines is 1. The summed E-state index contributed by atoms with van der Waals surface area (Å²) >= 11 is 0. The van der Waals surface area contributed by atoms with Gasteiger partial charge in [0.15, 0.2) is 23.9 Å². The summed E-state index contributed by atoms with van der Waals surface area (Å²) in [5, 5.41) is 12.3. The van der Waals surface area contributed by atoms with Crippen LogP contribution in [0.4, 0.5) is 5.69 Å². The second kappa shape index (κ2) is 9.26. The summed E-state index contributed by atoms with van der Waals surface area (Å²) in [4.78, 5) is 24.7. The molecule has 1 amide bonds. The summed E-state index contributed by atoms with van der Waals surface area (Å²) < 4.78 is 16.9. The third kappa shape index (κ3) is 4.73. The minimum absolute atomic E-state index is 0.0224. The molecule has 0 atom stereocenters. The Morgan fingerprint density at radius 1 is 1.03 bits per heavy atom. The van der Waals surface area contributed by atoms with Gasteiger partial charge in [0.2, 0.25) is 5.78 Å². The lowest BCUT2D eigenvalue weighted by Crippen LogP contribution is -2.20. The lowest BCUT2D eigenvalue weighted by atomic mass is 10.1. The molecule has 0 bridgehead atoms. The smallest absolute Gasteiger partial charge is 0.262 e. The molecule has 0 radical (unpaired) electrons. The number of carbonyl (C=O) groups is 2. The first-order chi connectivity index (χ1) is 15.5. The second-order valence-electron chi connectivity index (χ2n) is 6.96. The number of amides is 1. The van der Waals surface area contributed by atoms with E-state index in [1.807, 2.05) is 25.1 Å². The predicted molar refractivity (Wildman–Crippen MR) is 119 cm³/mol. The molecule has 1 heterocycles. The zero-order chi connectivity index (χ0) is 22.5. The molecule has 3 aromatic carbocycles. The van der Waals surface area contributed by atoms with Gasteiger partial charge in [-0.2, -0.15) is 0 Å². The first-order valence-corrected chi connectivity index (χ1v) is 10.1. The molecule has 0 saturated heterocycles. The van der Waals surface area contributed by atoms with Gasteiger partial charge in [0, 0.05) is 11.8 Å². The van der Waals surface area contributed by atoms with Crippen LogP contribution in [0.5, 0.6) is 23.0 Å². The number of fused-ring (bicyclic) bond motifs is 1. The minimum Gasteiger partial charge on any atom is -0.508 e. The van der Waals surface area contributed by atoms with Crippen molar-refractivity contribution in [3.05, 3.63) is 83.6 Å². The van der Waals surface area contributed by atoms with E-state index in [4.69, 9.17) is 14.2 Å². The quantitative estimate of drug-likeness (QED) is 0.538. The maximum atomic E-state index is 12.5. The molecule has 0 fully saturated rings. The monoisotopic (exact) mass is 431 g/mol. The molecule has 0 aliphatic carbocycles. The summed E-state index contributed by atoms with van der Waals surface area (Å²) in [6.45, 7) is 2.05. The van der Waals surface area contributed by atoms with Gasteiger partial charge >= 0.3 is 0 Å². The van der Waals surface area contributed by atoms with Crippen molar-refractivity contribution < 1.29 is 28.9 Å². The summed E-state index contributed by atoms with van der Waals surface area (Å²) in [5.74, 6) is 0.764. The zero-order valence-corrected chi connectivity index (χ0v) is 17.3. The van der Waals surface area contributed by atoms with E-state index < -0.39 is 0 Å². The number of phenols is 1. The number of allylic oxidation sites excluding steroid dienone is 1. The Kier molecular flexibility index (Phi) is 6.07. The molecule has 32 heavy (non-hydrogen) atoms. The summed E-state index contributed by atoms with van der Waals surface area (Å²) in [6.07, 6.45) is 1.59. The third-order valence-corrected chi connectivity index (χ3v) is 4.64. The highest BCUT2D eigenvalue weighted by Crippen LogP contribution is 2.35. The number of benzene rings is 3. The van der Waals surface area contributed by atoms with Crippen molar-refractivity contribution in [1.82, 2.24) is 0 Å². The molecule has 0 spiro atoms. The molecule has 7 nitrogen and oxygen atoms in total. The van der Waals surface area contributed by atoms with E-state index in [2.05, 4.69) is 5.32 Å². The van der Waals surface area contributed by atoms with Crippen LogP contribution in [0.3, 0.4) is 0 Å². The number of hydrogen-bond acceptors (Lipinski definition) is 6. The van der Waals surface area contributed by atoms with Crippen LogP contribution in [0.15, 0.2) is 72.5 Å². The van der Waals surface area contributed by atoms with Crippen LogP contribution in [0.1, 0.15) is 22.8 Å². The van der Waals surface area contributed by atoms with Crippen LogP contribution >= 0.6 is 0 Å². The minimum atomic E-state index is -0.296. The predicted octanol–water partition coefficient (Wildman–Crippen LogP) is 4.42. The third-order valence-electron chi connectivity index (χ3n) is 4.64. The molecule has 1 aliphatic rings. The summed E-state index contributed by atoms with van der Waals surface area (Å²) in [7, 11) is 0. The Morgan fingerprint density at radius 3 is 2.62 bits per heavy atom. The van der Waals surface area contributed by atoms with Crippen LogP contribution in [0.25, 0.3) is 6.08 Å². The lowest BCUT2D eigenvalue weighted by Gasteiger charge is -2.13. The zero-order valence-electron chi connectivity index (χ0n) is 17.3. The maximum Gasteiger partial charge on any atom is 0.262 e. The van der Waals surface area contributed by atoms with Crippen LogP contribution in [-0.4, -0.2) is 30.0 Å². The number of ketones is 1. The highest BCUT2D eigenvalue weighted by molar-refractivity contribution is 6.14. The van der Waals surface area contributed by atoms with Crippen molar-refractivity contribution in [2.75, 3.05) is 18.5 Å². The number of phenolic OH excluding ortho intramolecular Hbond substituents is 1. The van der Waals surface area contributed by atoms with Gasteiger partial charge in [-0.3, -0.25) is 9.59 Å². The summed E-state index contributed by atoms with van der Waals surface area (Å²) in [6, 6.07) is 18.6. The van der Waals surface area contributed by atoms with Gasteiger partial charge in [0.05, 0.1) is 12.2 Å². The Balaban J connectivity index is 1.48. The molecule has 2 N–H and O–H groups in total. The van der Waals surface area contributed by atoms with Gasteiger partial charge in [-0.05, 0) is 55.0 Å². The van der Waals surface area contributed by atoms with Crippen molar-refractivity contribution in [1.29, 1.82) is 0 Å². The molecule has 1 aliphatic heterocycles. The Bertz CT molecular complexity index is 1190. The normalized spacial score (nSPS) is 13.4. The van der Waals surface area contributed by atoms with Crippen molar-refractivity contribution in [3.8, 4) is 23.0 Å². The SMILES string of the molecule is CCOc1cc(/C=C2\Oc3cc(O)ccc3C2=O)ccc1OCC(=O)Nc1ccccc1. The van der Waals surface area contributed by atoms with E-state index in [0.29, 0.717) is 40.7 Å². The highest BCUT2D eigenvalue weighted by Gasteiger charge is 2.27. The fraction of sp³-hybridized carbons (Fsp3) is 0.120. The van der Waals surface area contributed by atoms with Gasteiger partial charge in [-0.1, -0.05) is 24.3 Å². The van der Waals surface area contributed by atoms with Crippen molar-refractivity contribution in [2.45, 2.75) is 6.92 Å². The molecule has 4 rings (SSSR count). The molecule has 3 aromatic rings. The standard InChI is InChI=1S/C25H21NO6/c1-2-30-22-12-16(13-23-25(29)19-10-9-18(27)14-21(19)32-23)8-11-20(22)31-15-24(28)26-17-6-4-3-5-7-17/h3-14,27H,2,15H2,1H3,(H,26,28)/b23-13-. The van der Waals surface area contributed by atoms with Gasteiger partial charge < -0.3 is 24.6 Å². The van der Waals surface area contributed by atoms with Gasteiger partial charge in [-0.25, -0.2) is 0 Å².